The first-order chi connectivity index (χ1) is 12.6. The van der Waals surface area contributed by atoms with E-state index in [0.717, 1.165) is 38.2 Å². The van der Waals surface area contributed by atoms with Crippen molar-refractivity contribution in [2.24, 2.45) is 5.92 Å². The molecule has 2 aliphatic rings. The van der Waals surface area contributed by atoms with Gasteiger partial charge in [0.05, 0.1) is 0 Å². The molecule has 1 amide bonds. The number of hydrogen-bond acceptors (Lipinski definition) is 2. The standard InChI is InChI=1S/C22H25FN2O/c1-16-14-24(15-17-5-3-2-4-6-17)11-12-25(16)22(26)21-13-20(21)18-7-9-19(23)10-8-18/h2-10,16,20-21H,11-15H2,1H3. The highest BCUT2D eigenvalue weighted by molar-refractivity contribution is 5.83. The molecule has 1 saturated heterocycles. The van der Waals surface area contributed by atoms with Crippen LogP contribution < -0.4 is 0 Å². The zero-order chi connectivity index (χ0) is 18.1. The van der Waals surface area contributed by atoms with E-state index in [1.54, 1.807) is 0 Å². The van der Waals surface area contributed by atoms with E-state index in [1.807, 2.05) is 18.2 Å². The van der Waals surface area contributed by atoms with E-state index in [0.29, 0.717) is 0 Å². The van der Waals surface area contributed by atoms with Crippen LogP contribution in [0.5, 0.6) is 0 Å². The van der Waals surface area contributed by atoms with E-state index >= 15 is 0 Å². The van der Waals surface area contributed by atoms with Gasteiger partial charge in [-0.05, 0) is 42.5 Å². The average Bonchev–Trinajstić information content (AvgIpc) is 3.44. The Morgan fingerprint density at radius 2 is 1.81 bits per heavy atom. The normalized spacial score (nSPS) is 25.9. The highest BCUT2D eigenvalue weighted by Crippen LogP contribution is 2.48. The maximum Gasteiger partial charge on any atom is 0.226 e. The van der Waals surface area contributed by atoms with Gasteiger partial charge >= 0.3 is 0 Å². The van der Waals surface area contributed by atoms with Crippen molar-refractivity contribution < 1.29 is 9.18 Å². The molecule has 1 aliphatic heterocycles. The van der Waals surface area contributed by atoms with Gasteiger partial charge in [0.2, 0.25) is 5.91 Å². The number of hydrogen-bond donors (Lipinski definition) is 0. The van der Waals surface area contributed by atoms with Crippen LogP contribution >= 0.6 is 0 Å². The summed E-state index contributed by atoms with van der Waals surface area (Å²) in [5.74, 6) is 0.382. The van der Waals surface area contributed by atoms with Crippen molar-refractivity contribution >= 4 is 5.91 Å². The lowest BCUT2D eigenvalue weighted by atomic mass is 10.1. The van der Waals surface area contributed by atoms with Crippen LogP contribution in [0.15, 0.2) is 54.6 Å². The fraction of sp³-hybridized carbons (Fsp3) is 0.409. The molecule has 4 heteroatoms. The molecule has 26 heavy (non-hydrogen) atoms. The zero-order valence-corrected chi connectivity index (χ0v) is 15.1. The second kappa shape index (κ2) is 7.20. The van der Waals surface area contributed by atoms with Crippen LogP contribution in [0.3, 0.4) is 0 Å². The Bertz CT molecular complexity index is 761. The lowest BCUT2D eigenvalue weighted by molar-refractivity contribution is -0.137. The van der Waals surface area contributed by atoms with Gasteiger partial charge in [-0.25, -0.2) is 4.39 Å². The molecular weight excluding hydrogens is 327 g/mol. The Hall–Kier alpha value is -2.20. The summed E-state index contributed by atoms with van der Waals surface area (Å²) in [5.41, 5.74) is 2.40. The fourth-order valence-corrected chi connectivity index (χ4v) is 4.10. The molecule has 1 heterocycles. The Labute approximate surface area is 154 Å². The van der Waals surface area contributed by atoms with Gasteiger partial charge in [0, 0.05) is 38.1 Å². The molecule has 0 radical (unpaired) electrons. The molecule has 3 unspecified atom stereocenters. The number of benzene rings is 2. The minimum atomic E-state index is -0.222. The van der Waals surface area contributed by atoms with Gasteiger partial charge in [0.1, 0.15) is 5.82 Å². The number of amides is 1. The number of rotatable bonds is 4. The van der Waals surface area contributed by atoms with Gasteiger partial charge in [-0.3, -0.25) is 9.69 Å². The highest BCUT2D eigenvalue weighted by Gasteiger charge is 2.47. The first kappa shape index (κ1) is 17.2. The predicted molar refractivity (Wildman–Crippen MR) is 100 cm³/mol. The van der Waals surface area contributed by atoms with E-state index in [9.17, 15) is 9.18 Å². The molecule has 3 atom stereocenters. The van der Waals surface area contributed by atoms with Crippen LogP contribution in [0, 0.1) is 11.7 Å². The Kier molecular flexibility index (Phi) is 4.77. The number of halogens is 1. The van der Waals surface area contributed by atoms with Crippen molar-refractivity contribution in [1.82, 2.24) is 9.80 Å². The van der Waals surface area contributed by atoms with E-state index in [4.69, 9.17) is 0 Å². The molecule has 2 fully saturated rings. The maximum atomic E-state index is 13.1. The molecule has 2 aromatic carbocycles. The summed E-state index contributed by atoms with van der Waals surface area (Å²) in [5, 5.41) is 0. The monoisotopic (exact) mass is 352 g/mol. The van der Waals surface area contributed by atoms with Crippen molar-refractivity contribution in [1.29, 1.82) is 0 Å². The van der Waals surface area contributed by atoms with Crippen LogP contribution in [0.1, 0.15) is 30.4 Å². The molecule has 136 valence electrons. The molecule has 0 spiro atoms. The zero-order valence-electron chi connectivity index (χ0n) is 15.1. The summed E-state index contributed by atoms with van der Waals surface area (Å²) < 4.78 is 13.1. The molecule has 0 bridgehead atoms. The second-order valence-corrected chi connectivity index (χ2v) is 7.60. The number of carbonyl (C=O) groups is 1. The third-order valence-electron chi connectivity index (χ3n) is 5.65. The Morgan fingerprint density at radius 1 is 1.08 bits per heavy atom. The van der Waals surface area contributed by atoms with Gasteiger partial charge in [-0.1, -0.05) is 42.5 Å². The van der Waals surface area contributed by atoms with Gasteiger partial charge in [0.15, 0.2) is 0 Å². The van der Waals surface area contributed by atoms with Crippen molar-refractivity contribution in [2.75, 3.05) is 19.6 Å². The maximum absolute atomic E-state index is 13.1. The van der Waals surface area contributed by atoms with Gasteiger partial charge in [-0.15, -0.1) is 0 Å². The summed E-state index contributed by atoms with van der Waals surface area (Å²) in [6.07, 6.45) is 0.890. The lowest BCUT2D eigenvalue weighted by Gasteiger charge is -2.40. The molecular formula is C22H25FN2O. The van der Waals surface area contributed by atoms with Crippen LogP contribution in [-0.2, 0) is 11.3 Å². The van der Waals surface area contributed by atoms with E-state index in [1.165, 1.54) is 17.7 Å². The minimum Gasteiger partial charge on any atom is -0.337 e. The minimum absolute atomic E-state index is 0.0728. The van der Waals surface area contributed by atoms with Crippen LogP contribution in [0.4, 0.5) is 4.39 Å². The van der Waals surface area contributed by atoms with Crippen LogP contribution in [-0.4, -0.2) is 41.4 Å². The van der Waals surface area contributed by atoms with Gasteiger partial charge < -0.3 is 4.90 Å². The predicted octanol–water partition coefficient (Wildman–Crippen LogP) is 3.66. The van der Waals surface area contributed by atoms with E-state index in [2.05, 4.69) is 41.0 Å². The quantitative estimate of drug-likeness (QED) is 0.838. The molecule has 2 aromatic rings. The first-order valence-electron chi connectivity index (χ1n) is 9.44. The highest BCUT2D eigenvalue weighted by atomic mass is 19.1. The van der Waals surface area contributed by atoms with Crippen molar-refractivity contribution in [3.8, 4) is 0 Å². The summed E-state index contributed by atoms with van der Waals surface area (Å²) in [6.45, 7) is 5.70. The Morgan fingerprint density at radius 3 is 2.50 bits per heavy atom. The topological polar surface area (TPSA) is 23.6 Å². The summed E-state index contributed by atoms with van der Waals surface area (Å²) >= 11 is 0. The molecule has 1 saturated carbocycles. The summed E-state index contributed by atoms with van der Waals surface area (Å²) in [7, 11) is 0. The SMILES string of the molecule is CC1CN(Cc2ccccc2)CCN1C(=O)C1CC1c1ccc(F)cc1. The number of piperazine rings is 1. The summed E-state index contributed by atoms with van der Waals surface area (Å²) in [6, 6.07) is 17.3. The largest absolute Gasteiger partial charge is 0.337 e. The molecule has 1 aliphatic carbocycles. The fourth-order valence-electron chi connectivity index (χ4n) is 4.10. The number of nitrogens with zero attached hydrogens (tertiary/aromatic N) is 2. The molecule has 4 rings (SSSR count). The second-order valence-electron chi connectivity index (χ2n) is 7.60. The van der Waals surface area contributed by atoms with Gasteiger partial charge in [-0.2, -0.15) is 0 Å². The average molecular weight is 352 g/mol. The van der Waals surface area contributed by atoms with Crippen LogP contribution in [0.2, 0.25) is 0 Å². The first-order valence-corrected chi connectivity index (χ1v) is 9.44. The number of carbonyl (C=O) groups excluding carboxylic acids is 1. The van der Waals surface area contributed by atoms with Crippen molar-refractivity contribution in [2.45, 2.75) is 31.8 Å². The molecule has 3 nitrogen and oxygen atoms in total. The van der Waals surface area contributed by atoms with Gasteiger partial charge in [0.25, 0.3) is 0 Å². The van der Waals surface area contributed by atoms with Crippen molar-refractivity contribution in [3.63, 3.8) is 0 Å². The third kappa shape index (κ3) is 3.65. The van der Waals surface area contributed by atoms with Crippen LogP contribution in [0.25, 0.3) is 0 Å². The van der Waals surface area contributed by atoms with Crippen molar-refractivity contribution in [3.05, 3.63) is 71.5 Å². The lowest BCUT2D eigenvalue weighted by Crippen LogP contribution is -2.54. The molecule has 0 N–H and O–H groups in total. The smallest absolute Gasteiger partial charge is 0.226 e. The summed E-state index contributed by atoms with van der Waals surface area (Å²) in [4.78, 5) is 17.4. The van der Waals surface area contributed by atoms with E-state index in [-0.39, 0.29) is 29.6 Å². The Balaban J connectivity index is 1.33. The third-order valence-corrected chi connectivity index (χ3v) is 5.65. The molecule has 0 aromatic heterocycles. The van der Waals surface area contributed by atoms with E-state index < -0.39 is 0 Å².